The van der Waals surface area contributed by atoms with Crippen LogP contribution in [0.25, 0.3) is 11.0 Å². The maximum atomic E-state index is 10.7. The van der Waals surface area contributed by atoms with Crippen LogP contribution in [-0.2, 0) is 4.74 Å². The van der Waals surface area contributed by atoms with Crippen molar-refractivity contribution in [2.24, 2.45) is 5.41 Å². The zero-order chi connectivity index (χ0) is 20.2. The molecular formula is C21H29N5O3. The van der Waals surface area contributed by atoms with Crippen molar-refractivity contribution in [2.75, 3.05) is 25.9 Å². The standard InChI is InChI=1S/C21H29N5O3/c1-25-9-6-21(7-10-25)5-2-3-13(21)11-15-16(27)17(28)20(29-15)26-8-4-14-18(22)23-12-24-19(14)26/h4,8,11-12,15-17,20,27-28H,2-3,5-7,9-10H2,1H3,(H2,22,23,24)/b13-11+/t15-,16-,17-,20-/m1/s1. The van der Waals surface area contributed by atoms with Gasteiger partial charge in [0.15, 0.2) is 6.23 Å². The molecule has 4 heterocycles. The van der Waals surface area contributed by atoms with Crippen molar-refractivity contribution in [3.8, 4) is 0 Å². The zero-order valence-electron chi connectivity index (χ0n) is 16.7. The summed E-state index contributed by atoms with van der Waals surface area (Å²) < 4.78 is 7.91. The van der Waals surface area contributed by atoms with Gasteiger partial charge in [0.05, 0.1) is 5.39 Å². The Labute approximate surface area is 170 Å². The lowest BCUT2D eigenvalue weighted by Gasteiger charge is -2.39. The molecule has 2 aliphatic heterocycles. The molecule has 0 bridgehead atoms. The van der Waals surface area contributed by atoms with Gasteiger partial charge in [0, 0.05) is 6.20 Å². The van der Waals surface area contributed by atoms with E-state index in [9.17, 15) is 10.2 Å². The van der Waals surface area contributed by atoms with Crippen LogP contribution < -0.4 is 5.73 Å². The molecule has 0 radical (unpaired) electrons. The first kappa shape index (κ1) is 19.0. The van der Waals surface area contributed by atoms with Gasteiger partial charge in [0.25, 0.3) is 0 Å². The normalized spacial score (nSPS) is 34.0. The maximum absolute atomic E-state index is 10.7. The number of hydrogen-bond donors (Lipinski definition) is 3. The molecule has 4 N–H and O–H groups in total. The molecule has 0 aromatic carbocycles. The highest BCUT2D eigenvalue weighted by Gasteiger charge is 2.46. The number of nitrogens with zero attached hydrogens (tertiary/aromatic N) is 4. The fraction of sp³-hybridized carbons (Fsp3) is 0.619. The number of aliphatic hydroxyl groups is 2. The molecule has 2 aromatic rings. The smallest absolute Gasteiger partial charge is 0.164 e. The van der Waals surface area contributed by atoms with Crippen LogP contribution in [0.1, 0.15) is 38.3 Å². The van der Waals surface area contributed by atoms with Gasteiger partial charge in [0.1, 0.15) is 36.1 Å². The van der Waals surface area contributed by atoms with Crippen molar-refractivity contribution < 1.29 is 14.9 Å². The summed E-state index contributed by atoms with van der Waals surface area (Å²) in [5.74, 6) is 0.385. The topological polar surface area (TPSA) is 110 Å². The molecule has 2 saturated heterocycles. The van der Waals surface area contributed by atoms with Gasteiger partial charge in [-0.3, -0.25) is 0 Å². The highest BCUT2D eigenvalue weighted by Crippen LogP contribution is 2.50. The fourth-order valence-corrected chi connectivity index (χ4v) is 5.37. The number of fused-ring (bicyclic) bond motifs is 1. The van der Waals surface area contributed by atoms with E-state index in [0.29, 0.717) is 16.9 Å². The van der Waals surface area contributed by atoms with Crippen molar-refractivity contribution in [3.05, 3.63) is 30.2 Å². The summed E-state index contributed by atoms with van der Waals surface area (Å²) in [6.45, 7) is 2.21. The molecule has 29 heavy (non-hydrogen) atoms. The second-order valence-electron chi connectivity index (χ2n) is 8.82. The lowest BCUT2D eigenvalue weighted by Crippen LogP contribution is -2.38. The van der Waals surface area contributed by atoms with Gasteiger partial charge >= 0.3 is 0 Å². The predicted octanol–water partition coefficient (Wildman–Crippen LogP) is 1.45. The number of anilines is 1. The van der Waals surface area contributed by atoms with Crippen LogP contribution in [-0.4, -0.2) is 68.1 Å². The summed E-state index contributed by atoms with van der Waals surface area (Å²) in [5, 5.41) is 22.2. The number of aliphatic hydroxyl groups excluding tert-OH is 2. The van der Waals surface area contributed by atoms with Crippen molar-refractivity contribution >= 4 is 16.9 Å². The lowest BCUT2D eigenvalue weighted by atomic mass is 9.73. The first-order valence-electron chi connectivity index (χ1n) is 10.5. The van der Waals surface area contributed by atoms with Crippen LogP contribution in [0.15, 0.2) is 30.2 Å². The molecule has 156 valence electrons. The minimum atomic E-state index is -1.04. The number of nitrogens with two attached hydrogens (primary N) is 1. The van der Waals surface area contributed by atoms with Gasteiger partial charge in [-0.15, -0.1) is 0 Å². The van der Waals surface area contributed by atoms with Gasteiger partial charge in [-0.25, -0.2) is 9.97 Å². The van der Waals surface area contributed by atoms with E-state index in [4.69, 9.17) is 10.5 Å². The van der Waals surface area contributed by atoms with Gasteiger partial charge in [-0.1, -0.05) is 11.6 Å². The third-order valence-electron chi connectivity index (χ3n) is 7.18. The van der Waals surface area contributed by atoms with E-state index < -0.39 is 24.5 Å². The molecule has 3 aliphatic rings. The zero-order valence-corrected chi connectivity index (χ0v) is 16.7. The van der Waals surface area contributed by atoms with E-state index in [-0.39, 0.29) is 5.41 Å². The number of allylic oxidation sites excluding steroid dienone is 1. The molecule has 2 aromatic heterocycles. The molecule has 8 heteroatoms. The van der Waals surface area contributed by atoms with Crippen LogP contribution in [0.2, 0.25) is 0 Å². The number of aromatic nitrogens is 3. The van der Waals surface area contributed by atoms with E-state index in [1.807, 2.05) is 6.07 Å². The van der Waals surface area contributed by atoms with Crippen molar-refractivity contribution in [1.82, 2.24) is 19.4 Å². The van der Waals surface area contributed by atoms with E-state index in [1.54, 1.807) is 10.8 Å². The largest absolute Gasteiger partial charge is 0.387 e. The minimum Gasteiger partial charge on any atom is -0.387 e. The van der Waals surface area contributed by atoms with Gasteiger partial charge < -0.3 is 30.2 Å². The molecular weight excluding hydrogens is 370 g/mol. The Morgan fingerprint density at radius 3 is 2.79 bits per heavy atom. The minimum absolute atomic E-state index is 0.237. The first-order valence-corrected chi connectivity index (χ1v) is 10.5. The molecule has 5 rings (SSSR count). The summed E-state index contributed by atoms with van der Waals surface area (Å²) in [7, 11) is 2.17. The van der Waals surface area contributed by atoms with Gasteiger partial charge in [-0.05, 0) is 63.7 Å². The Bertz CT molecular complexity index is 934. The third-order valence-corrected chi connectivity index (χ3v) is 7.18. The Morgan fingerprint density at radius 1 is 1.21 bits per heavy atom. The Kier molecular flexibility index (Phi) is 4.62. The predicted molar refractivity (Wildman–Crippen MR) is 109 cm³/mol. The second kappa shape index (κ2) is 7.05. The summed E-state index contributed by atoms with van der Waals surface area (Å²) in [6, 6.07) is 1.81. The van der Waals surface area contributed by atoms with E-state index >= 15 is 0 Å². The summed E-state index contributed by atoms with van der Waals surface area (Å²) >= 11 is 0. The second-order valence-corrected chi connectivity index (χ2v) is 8.82. The summed E-state index contributed by atoms with van der Waals surface area (Å²) in [5.41, 5.74) is 8.15. The monoisotopic (exact) mass is 399 g/mol. The van der Waals surface area contributed by atoms with Crippen LogP contribution >= 0.6 is 0 Å². The Morgan fingerprint density at radius 2 is 2.00 bits per heavy atom. The number of rotatable bonds is 2. The summed E-state index contributed by atoms with van der Waals surface area (Å²) in [4.78, 5) is 10.7. The number of hydrogen-bond acceptors (Lipinski definition) is 7. The maximum Gasteiger partial charge on any atom is 0.164 e. The molecule has 4 atom stereocenters. The molecule has 1 aliphatic carbocycles. The molecule has 3 fully saturated rings. The lowest BCUT2D eigenvalue weighted by molar-refractivity contribution is -0.0244. The van der Waals surface area contributed by atoms with Crippen molar-refractivity contribution in [1.29, 1.82) is 0 Å². The average Bonchev–Trinajstić information content (AvgIpc) is 3.38. The third kappa shape index (κ3) is 3.06. The summed E-state index contributed by atoms with van der Waals surface area (Å²) in [6.07, 6.45) is 7.76. The van der Waals surface area contributed by atoms with Crippen LogP contribution in [0.3, 0.4) is 0 Å². The molecule has 1 saturated carbocycles. The molecule has 0 unspecified atom stereocenters. The van der Waals surface area contributed by atoms with Crippen LogP contribution in [0.5, 0.6) is 0 Å². The number of nitrogen functional groups attached to an aromatic ring is 1. The van der Waals surface area contributed by atoms with Crippen molar-refractivity contribution in [2.45, 2.75) is 56.6 Å². The fourth-order valence-electron chi connectivity index (χ4n) is 5.37. The number of ether oxygens (including phenoxy) is 1. The SMILES string of the molecule is CN1CCC2(CCC/C2=C\[C@H]2O[C@@H](n3ccc4c(N)ncnc43)[C@H](O)[C@@H]2O)CC1. The van der Waals surface area contributed by atoms with E-state index in [0.717, 1.165) is 32.4 Å². The average molecular weight is 399 g/mol. The van der Waals surface area contributed by atoms with Crippen LogP contribution in [0.4, 0.5) is 5.82 Å². The highest BCUT2D eigenvalue weighted by molar-refractivity contribution is 5.86. The molecule has 0 amide bonds. The van der Waals surface area contributed by atoms with Gasteiger partial charge in [0.2, 0.25) is 0 Å². The van der Waals surface area contributed by atoms with E-state index in [1.165, 1.54) is 24.7 Å². The Hall–Kier alpha value is -2.00. The van der Waals surface area contributed by atoms with Crippen molar-refractivity contribution in [3.63, 3.8) is 0 Å². The first-order chi connectivity index (χ1) is 14.0. The Balaban J connectivity index is 1.42. The van der Waals surface area contributed by atoms with Gasteiger partial charge in [-0.2, -0.15) is 0 Å². The molecule has 8 nitrogen and oxygen atoms in total. The molecule has 1 spiro atoms. The number of piperidine rings is 1. The van der Waals surface area contributed by atoms with Crippen LogP contribution in [0, 0.1) is 5.41 Å². The quantitative estimate of drug-likeness (QED) is 0.656. The highest BCUT2D eigenvalue weighted by atomic mass is 16.6. The van der Waals surface area contributed by atoms with E-state index in [2.05, 4.69) is 28.0 Å². The number of likely N-dealkylation sites (tertiary alicyclic amines) is 1.